The van der Waals surface area contributed by atoms with Crippen LogP contribution in [0, 0.1) is 0 Å². The van der Waals surface area contributed by atoms with Gasteiger partial charge in [0.1, 0.15) is 5.76 Å². The summed E-state index contributed by atoms with van der Waals surface area (Å²) in [4.78, 5) is 11.6. The molecular weight excluding hydrogens is 284 g/mol. The lowest BCUT2D eigenvalue weighted by atomic mass is 10.2. The largest absolute Gasteiger partial charge is 0.469 e. The zero-order valence-electron chi connectivity index (χ0n) is 11.8. The number of benzene rings is 1. The smallest absolute Gasteiger partial charge is 0.306 e. The predicted octanol–water partition coefficient (Wildman–Crippen LogP) is 3.01. The lowest BCUT2D eigenvalue weighted by Gasteiger charge is -2.00. The lowest BCUT2D eigenvalue weighted by molar-refractivity contribution is -0.145. The molecule has 0 atom stereocenters. The highest BCUT2D eigenvalue weighted by atomic mass is 16.5. The fraction of sp³-hybridized carbons (Fsp3) is 0.188. The molecule has 0 aliphatic heterocycles. The van der Waals surface area contributed by atoms with Crippen LogP contribution in [0.5, 0.6) is 0 Å². The Morgan fingerprint density at radius 1 is 1.09 bits per heavy atom. The lowest BCUT2D eigenvalue weighted by Crippen LogP contribution is -2.05. The maximum absolute atomic E-state index is 11.6. The minimum atomic E-state index is -0.337. The SMILES string of the molecule is O=C(CCc1ccco1)OCc1nnc(-c2ccccc2)o1. The summed E-state index contributed by atoms with van der Waals surface area (Å²) in [5.74, 6) is 1.09. The summed E-state index contributed by atoms with van der Waals surface area (Å²) in [6, 6.07) is 13.0. The van der Waals surface area contributed by atoms with Gasteiger partial charge in [-0.05, 0) is 24.3 Å². The summed E-state index contributed by atoms with van der Waals surface area (Å²) in [5, 5.41) is 7.79. The number of rotatable bonds is 6. The Bertz CT molecular complexity index is 720. The van der Waals surface area contributed by atoms with Crippen molar-refractivity contribution < 1.29 is 18.4 Å². The molecule has 0 spiro atoms. The molecular formula is C16H14N2O4. The number of aromatic nitrogens is 2. The first-order valence-corrected chi connectivity index (χ1v) is 6.87. The molecule has 0 fully saturated rings. The van der Waals surface area contributed by atoms with Crippen LogP contribution in [0.15, 0.2) is 57.6 Å². The minimum absolute atomic E-state index is 0.0309. The maximum atomic E-state index is 11.6. The van der Waals surface area contributed by atoms with Gasteiger partial charge in [0.05, 0.1) is 12.7 Å². The molecule has 2 aromatic heterocycles. The molecule has 0 aliphatic rings. The van der Waals surface area contributed by atoms with E-state index in [9.17, 15) is 4.79 Å². The van der Waals surface area contributed by atoms with Crippen LogP contribution in [0.3, 0.4) is 0 Å². The summed E-state index contributed by atoms with van der Waals surface area (Å²) < 4.78 is 15.7. The van der Waals surface area contributed by atoms with E-state index in [1.54, 1.807) is 12.3 Å². The molecule has 0 radical (unpaired) electrons. The van der Waals surface area contributed by atoms with Crippen LogP contribution >= 0.6 is 0 Å². The molecule has 6 nitrogen and oxygen atoms in total. The van der Waals surface area contributed by atoms with E-state index in [1.807, 2.05) is 36.4 Å². The van der Waals surface area contributed by atoms with Crippen molar-refractivity contribution in [3.63, 3.8) is 0 Å². The zero-order valence-corrected chi connectivity index (χ0v) is 11.8. The molecule has 6 heteroatoms. The molecule has 0 saturated carbocycles. The molecule has 2 heterocycles. The Hall–Kier alpha value is -2.89. The van der Waals surface area contributed by atoms with Crippen LogP contribution in [-0.2, 0) is 22.6 Å². The van der Waals surface area contributed by atoms with Gasteiger partial charge in [0.2, 0.25) is 5.89 Å². The fourth-order valence-corrected chi connectivity index (χ4v) is 1.90. The van der Waals surface area contributed by atoms with Gasteiger partial charge >= 0.3 is 5.97 Å². The molecule has 0 saturated heterocycles. The first kappa shape index (κ1) is 14.1. The number of esters is 1. The third kappa shape index (κ3) is 3.60. The van der Waals surface area contributed by atoms with E-state index in [-0.39, 0.29) is 24.9 Å². The molecule has 0 amide bonds. The fourth-order valence-electron chi connectivity index (χ4n) is 1.90. The number of furan rings is 1. The van der Waals surface area contributed by atoms with Crippen molar-refractivity contribution >= 4 is 5.97 Å². The summed E-state index contributed by atoms with van der Waals surface area (Å²) in [5.41, 5.74) is 0.824. The summed E-state index contributed by atoms with van der Waals surface area (Å²) in [7, 11) is 0. The minimum Gasteiger partial charge on any atom is -0.469 e. The van der Waals surface area contributed by atoms with Gasteiger partial charge < -0.3 is 13.6 Å². The van der Waals surface area contributed by atoms with E-state index in [4.69, 9.17) is 13.6 Å². The van der Waals surface area contributed by atoms with E-state index in [0.29, 0.717) is 12.3 Å². The van der Waals surface area contributed by atoms with Crippen molar-refractivity contribution in [2.45, 2.75) is 19.4 Å². The van der Waals surface area contributed by atoms with Crippen molar-refractivity contribution in [2.75, 3.05) is 0 Å². The van der Waals surface area contributed by atoms with E-state index in [2.05, 4.69) is 10.2 Å². The average Bonchev–Trinajstić information content (AvgIpc) is 3.23. The van der Waals surface area contributed by atoms with Crippen molar-refractivity contribution in [1.29, 1.82) is 0 Å². The topological polar surface area (TPSA) is 78.4 Å². The second kappa shape index (κ2) is 6.71. The highest BCUT2D eigenvalue weighted by Gasteiger charge is 2.11. The third-order valence-corrected chi connectivity index (χ3v) is 3.00. The average molecular weight is 298 g/mol. The van der Waals surface area contributed by atoms with Crippen LogP contribution in [0.1, 0.15) is 18.1 Å². The van der Waals surface area contributed by atoms with Crippen molar-refractivity contribution in [3.05, 3.63) is 60.4 Å². The molecule has 112 valence electrons. The molecule has 1 aromatic carbocycles. The number of aryl methyl sites for hydroxylation is 1. The molecule has 0 aliphatic carbocycles. The van der Waals surface area contributed by atoms with E-state index >= 15 is 0 Å². The number of hydrogen-bond acceptors (Lipinski definition) is 6. The second-order valence-corrected chi connectivity index (χ2v) is 4.61. The Kier molecular flexibility index (Phi) is 4.29. The van der Waals surface area contributed by atoms with Crippen LogP contribution in [-0.4, -0.2) is 16.2 Å². The maximum Gasteiger partial charge on any atom is 0.306 e. The zero-order chi connectivity index (χ0) is 15.2. The first-order chi connectivity index (χ1) is 10.8. The van der Waals surface area contributed by atoms with Gasteiger partial charge in [-0.3, -0.25) is 4.79 Å². The predicted molar refractivity (Wildman–Crippen MR) is 76.6 cm³/mol. The number of hydrogen-bond donors (Lipinski definition) is 0. The second-order valence-electron chi connectivity index (χ2n) is 4.61. The standard InChI is InChI=1S/C16H14N2O4/c19-15(9-8-13-7-4-10-20-13)21-11-14-17-18-16(22-14)12-5-2-1-3-6-12/h1-7,10H,8-9,11H2. The van der Waals surface area contributed by atoms with Gasteiger partial charge in [-0.25, -0.2) is 0 Å². The van der Waals surface area contributed by atoms with Gasteiger partial charge in [-0.1, -0.05) is 18.2 Å². The van der Waals surface area contributed by atoms with Crippen LogP contribution in [0.2, 0.25) is 0 Å². The van der Waals surface area contributed by atoms with E-state index in [0.717, 1.165) is 11.3 Å². The van der Waals surface area contributed by atoms with Crippen LogP contribution in [0.4, 0.5) is 0 Å². The third-order valence-electron chi connectivity index (χ3n) is 3.00. The molecule has 0 N–H and O–H groups in total. The highest BCUT2D eigenvalue weighted by molar-refractivity contribution is 5.69. The van der Waals surface area contributed by atoms with Crippen LogP contribution < -0.4 is 0 Å². The van der Waals surface area contributed by atoms with Crippen molar-refractivity contribution in [3.8, 4) is 11.5 Å². The van der Waals surface area contributed by atoms with Gasteiger partial charge in [0.15, 0.2) is 6.61 Å². The summed E-state index contributed by atoms with van der Waals surface area (Å²) in [6.07, 6.45) is 2.32. The molecule has 0 unspecified atom stereocenters. The van der Waals surface area contributed by atoms with Gasteiger partial charge in [0.25, 0.3) is 5.89 Å². The van der Waals surface area contributed by atoms with Gasteiger partial charge in [-0.2, -0.15) is 0 Å². The Morgan fingerprint density at radius 3 is 2.73 bits per heavy atom. The number of nitrogens with zero attached hydrogens (tertiary/aromatic N) is 2. The van der Waals surface area contributed by atoms with E-state index < -0.39 is 0 Å². The van der Waals surface area contributed by atoms with Gasteiger partial charge in [0, 0.05) is 12.0 Å². The first-order valence-electron chi connectivity index (χ1n) is 6.87. The van der Waals surface area contributed by atoms with Crippen molar-refractivity contribution in [2.24, 2.45) is 0 Å². The van der Waals surface area contributed by atoms with E-state index in [1.165, 1.54) is 0 Å². The van der Waals surface area contributed by atoms with Crippen LogP contribution in [0.25, 0.3) is 11.5 Å². The molecule has 3 rings (SSSR count). The number of carbonyl (C=O) groups is 1. The number of carbonyl (C=O) groups excluding carboxylic acids is 1. The normalized spacial score (nSPS) is 10.5. The van der Waals surface area contributed by atoms with Crippen molar-refractivity contribution in [1.82, 2.24) is 10.2 Å². The summed E-state index contributed by atoms with van der Waals surface area (Å²) in [6.45, 7) is -0.0309. The number of ether oxygens (including phenoxy) is 1. The monoisotopic (exact) mass is 298 g/mol. The Labute approximate surface area is 126 Å². The molecule has 0 bridgehead atoms. The Balaban J connectivity index is 1.49. The molecule has 3 aromatic rings. The Morgan fingerprint density at radius 2 is 1.95 bits per heavy atom. The quantitative estimate of drug-likeness (QED) is 0.651. The summed E-state index contributed by atoms with van der Waals surface area (Å²) >= 11 is 0. The van der Waals surface area contributed by atoms with Gasteiger partial charge in [-0.15, -0.1) is 10.2 Å². The molecule has 22 heavy (non-hydrogen) atoms. The highest BCUT2D eigenvalue weighted by Crippen LogP contribution is 2.17.